The molecular weight excluding hydrogens is 312 g/mol. The Morgan fingerprint density at radius 2 is 1.96 bits per heavy atom. The number of nitrogens with zero attached hydrogens (tertiary/aromatic N) is 4. The van der Waals surface area contributed by atoms with Gasteiger partial charge in [-0.3, -0.25) is 9.20 Å². The van der Waals surface area contributed by atoms with Gasteiger partial charge in [0.15, 0.2) is 11.5 Å². The maximum Gasteiger partial charge on any atom is 0.255 e. The Morgan fingerprint density at radius 1 is 1.13 bits per heavy atom. The van der Waals surface area contributed by atoms with Crippen LogP contribution in [0.15, 0.2) is 48.7 Å². The minimum atomic E-state index is -0.0730. The second-order valence-electron chi connectivity index (χ2n) is 5.62. The van der Waals surface area contributed by atoms with Gasteiger partial charge >= 0.3 is 0 Å². The third kappa shape index (κ3) is 2.37. The third-order valence-electron chi connectivity index (χ3n) is 4.26. The number of amides is 1. The van der Waals surface area contributed by atoms with Crippen LogP contribution in [0.1, 0.15) is 35.1 Å². The van der Waals surface area contributed by atoms with Crippen LogP contribution in [0.2, 0.25) is 5.02 Å². The standard InChI is InChI=1S/C17H15ClN4O/c18-13-7-2-1-6-12(13)17(23)21-11-5-8-14(21)16-20-19-15-9-3-4-10-22(15)16/h1-4,6-7,9-10,14H,5,8,11H2/t14-/m1/s1. The number of hydrogen-bond donors (Lipinski definition) is 0. The monoisotopic (exact) mass is 326 g/mol. The number of rotatable bonds is 2. The predicted molar refractivity (Wildman–Crippen MR) is 87.5 cm³/mol. The van der Waals surface area contributed by atoms with Crippen molar-refractivity contribution >= 4 is 23.2 Å². The van der Waals surface area contributed by atoms with Crippen molar-refractivity contribution in [3.05, 3.63) is 65.1 Å². The molecule has 2 aromatic heterocycles. The van der Waals surface area contributed by atoms with Crippen LogP contribution in [0.25, 0.3) is 5.65 Å². The fourth-order valence-corrected chi connectivity index (χ4v) is 3.37. The highest BCUT2D eigenvalue weighted by molar-refractivity contribution is 6.33. The molecule has 0 radical (unpaired) electrons. The van der Waals surface area contributed by atoms with Crippen LogP contribution in [-0.4, -0.2) is 31.9 Å². The van der Waals surface area contributed by atoms with Gasteiger partial charge in [0.05, 0.1) is 16.6 Å². The first-order chi connectivity index (χ1) is 11.3. The number of likely N-dealkylation sites (tertiary alicyclic amines) is 1. The average molecular weight is 327 g/mol. The number of halogens is 1. The van der Waals surface area contributed by atoms with Crippen molar-refractivity contribution < 1.29 is 4.79 Å². The second-order valence-corrected chi connectivity index (χ2v) is 6.03. The van der Waals surface area contributed by atoms with Crippen LogP contribution in [0.5, 0.6) is 0 Å². The smallest absolute Gasteiger partial charge is 0.255 e. The average Bonchev–Trinajstić information content (AvgIpc) is 3.21. The van der Waals surface area contributed by atoms with Gasteiger partial charge < -0.3 is 4.90 Å². The van der Waals surface area contributed by atoms with Crippen molar-refractivity contribution in [1.82, 2.24) is 19.5 Å². The minimum absolute atomic E-state index is 0.0502. The van der Waals surface area contributed by atoms with Gasteiger partial charge in [0, 0.05) is 12.7 Å². The van der Waals surface area contributed by atoms with Gasteiger partial charge in [-0.25, -0.2) is 0 Å². The SMILES string of the molecule is O=C(c1ccccc1Cl)N1CCC[C@@H]1c1nnc2ccccn12. The van der Waals surface area contributed by atoms with E-state index >= 15 is 0 Å². The van der Waals surface area contributed by atoms with Crippen LogP contribution >= 0.6 is 11.6 Å². The van der Waals surface area contributed by atoms with Crippen LogP contribution < -0.4 is 0 Å². The first-order valence-electron chi connectivity index (χ1n) is 7.61. The quantitative estimate of drug-likeness (QED) is 0.725. The number of carbonyl (C=O) groups is 1. The van der Waals surface area contributed by atoms with E-state index in [9.17, 15) is 4.79 Å². The van der Waals surface area contributed by atoms with Gasteiger partial charge in [-0.15, -0.1) is 10.2 Å². The molecule has 1 fully saturated rings. The van der Waals surface area contributed by atoms with Gasteiger partial charge in [-0.05, 0) is 37.1 Å². The molecule has 6 heteroatoms. The number of fused-ring (bicyclic) bond motifs is 1. The molecule has 4 rings (SSSR count). The van der Waals surface area contributed by atoms with E-state index in [1.807, 2.05) is 45.8 Å². The molecule has 1 atom stereocenters. The molecule has 3 heterocycles. The van der Waals surface area contributed by atoms with Crippen LogP contribution in [-0.2, 0) is 0 Å². The van der Waals surface area contributed by atoms with E-state index in [0.717, 1.165) is 24.3 Å². The third-order valence-corrected chi connectivity index (χ3v) is 4.59. The number of carbonyl (C=O) groups excluding carboxylic acids is 1. The van der Waals surface area contributed by atoms with Gasteiger partial charge in [-0.2, -0.15) is 0 Å². The Balaban J connectivity index is 1.72. The normalized spacial score (nSPS) is 17.8. The zero-order valence-electron chi connectivity index (χ0n) is 12.4. The Hall–Kier alpha value is -2.40. The highest BCUT2D eigenvalue weighted by Gasteiger charge is 2.34. The van der Waals surface area contributed by atoms with Gasteiger partial charge in [0.2, 0.25) is 0 Å². The summed E-state index contributed by atoms with van der Waals surface area (Å²) in [6.45, 7) is 0.705. The molecule has 23 heavy (non-hydrogen) atoms. The summed E-state index contributed by atoms with van der Waals surface area (Å²) in [6.07, 6.45) is 3.76. The van der Waals surface area contributed by atoms with E-state index in [1.54, 1.807) is 12.1 Å². The molecule has 0 spiro atoms. The Morgan fingerprint density at radius 3 is 2.83 bits per heavy atom. The summed E-state index contributed by atoms with van der Waals surface area (Å²) in [7, 11) is 0. The summed E-state index contributed by atoms with van der Waals surface area (Å²) in [5.74, 6) is 0.754. The number of pyridine rings is 1. The molecule has 1 aliphatic rings. The zero-order valence-corrected chi connectivity index (χ0v) is 13.1. The predicted octanol–water partition coefficient (Wildman–Crippen LogP) is 3.36. The molecule has 3 aromatic rings. The molecule has 0 aliphatic carbocycles. The zero-order chi connectivity index (χ0) is 15.8. The van der Waals surface area contributed by atoms with Crippen molar-refractivity contribution in [3.8, 4) is 0 Å². The Labute approximate surface area is 138 Å². The minimum Gasteiger partial charge on any atom is -0.328 e. The van der Waals surface area contributed by atoms with Crippen LogP contribution in [0, 0.1) is 0 Å². The summed E-state index contributed by atoms with van der Waals surface area (Å²) >= 11 is 6.18. The van der Waals surface area contributed by atoms with Gasteiger partial charge in [-0.1, -0.05) is 29.8 Å². The summed E-state index contributed by atoms with van der Waals surface area (Å²) in [4.78, 5) is 14.7. The Bertz CT molecular complexity index is 876. The van der Waals surface area contributed by atoms with Crippen molar-refractivity contribution in [1.29, 1.82) is 0 Å². The van der Waals surface area contributed by atoms with E-state index in [1.165, 1.54) is 0 Å². The highest BCUT2D eigenvalue weighted by atomic mass is 35.5. The maximum absolute atomic E-state index is 12.9. The lowest BCUT2D eigenvalue weighted by molar-refractivity contribution is 0.0729. The topological polar surface area (TPSA) is 50.5 Å². The summed E-state index contributed by atoms with van der Waals surface area (Å²) in [6, 6.07) is 12.9. The van der Waals surface area contributed by atoms with E-state index in [-0.39, 0.29) is 11.9 Å². The molecule has 0 saturated carbocycles. The molecular formula is C17H15ClN4O. The molecule has 1 aliphatic heterocycles. The lowest BCUT2D eigenvalue weighted by atomic mass is 10.1. The van der Waals surface area contributed by atoms with Crippen molar-refractivity contribution in [2.24, 2.45) is 0 Å². The first kappa shape index (κ1) is 14.2. The van der Waals surface area contributed by atoms with Crippen molar-refractivity contribution in [3.63, 3.8) is 0 Å². The molecule has 0 unspecified atom stereocenters. The van der Waals surface area contributed by atoms with Gasteiger partial charge in [0.1, 0.15) is 0 Å². The van der Waals surface area contributed by atoms with Crippen molar-refractivity contribution in [2.45, 2.75) is 18.9 Å². The number of benzene rings is 1. The van der Waals surface area contributed by atoms with E-state index in [4.69, 9.17) is 11.6 Å². The second kappa shape index (κ2) is 5.66. The number of aromatic nitrogens is 3. The largest absolute Gasteiger partial charge is 0.328 e. The first-order valence-corrected chi connectivity index (χ1v) is 7.98. The van der Waals surface area contributed by atoms with E-state index in [2.05, 4.69) is 10.2 Å². The molecule has 1 saturated heterocycles. The fraction of sp³-hybridized carbons (Fsp3) is 0.235. The molecule has 5 nitrogen and oxygen atoms in total. The maximum atomic E-state index is 12.9. The molecule has 1 aromatic carbocycles. The van der Waals surface area contributed by atoms with E-state index in [0.29, 0.717) is 17.1 Å². The molecule has 0 N–H and O–H groups in total. The highest BCUT2D eigenvalue weighted by Crippen LogP contribution is 2.33. The van der Waals surface area contributed by atoms with E-state index < -0.39 is 0 Å². The number of hydrogen-bond acceptors (Lipinski definition) is 3. The molecule has 0 bridgehead atoms. The summed E-state index contributed by atoms with van der Waals surface area (Å²) < 4.78 is 1.95. The van der Waals surface area contributed by atoms with Crippen molar-refractivity contribution in [2.75, 3.05) is 6.54 Å². The lowest BCUT2D eigenvalue weighted by Crippen LogP contribution is -2.31. The summed E-state index contributed by atoms with van der Waals surface area (Å²) in [5.41, 5.74) is 1.33. The van der Waals surface area contributed by atoms with Crippen LogP contribution in [0.4, 0.5) is 0 Å². The lowest BCUT2D eigenvalue weighted by Gasteiger charge is -2.24. The Kier molecular flexibility index (Phi) is 3.50. The fourth-order valence-electron chi connectivity index (χ4n) is 3.15. The summed E-state index contributed by atoms with van der Waals surface area (Å²) in [5, 5.41) is 8.99. The molecule has 116 valence electrons. The van der Waals surface area contributed by atoms with Crippen LogP contribution in [0.3, 0.4) is 0 Å². The molecule has 1 amide bonds. The van der Waals surface area contributed by atoms with Gasteiger partial charge in [0.25, 0.3) is 5.91 Å².